The van der Waals surface area contributed by atoms with Crippen LogP contribution >= 0.6 is 0 Å². The van der Waals surface area contributed by atoms with Crippen LogP contribution in [0, 0.1) is 6.92 Å². The highest BCUT2D eigenvalue weighted by atomic mass is 16.5. The van der Waals surface area contributed by atoms with Gasteiger partial charge in [-0.3, -0.25) is 14.2 Å². The Morgan fingerprint density at radius 1 is 0.935 bits per heavy atom. The summed E-state index contributed by atoms with van der Waals surface area (Å²) in [4.78, 5) is 24.5. The largest absolute Gasteiger partial charge is 0.493 e. The van der Waals surface area contributed by atoms with Gasteiger partial charge in [-0.15, -0.1) is 0 Å². The fraction of sp³-hybridized carbons (Fsp3) is 0.154. The molecule has 0 radical (unpaired) electrons. The van der Waals surface area contributed by atoms with Crippen LogP contribution in [-0.4, -0.2) is 28.2 Å². The van der Waals surface area contributed by atoms with Crippen molar-refractivity contribution in [1.29, 1.82) is 0 Å². The van der Waals surface area contributed by atoms with Gasteiger partial charge < -0.3 is 9.84 Å². The van der Waals surface area contributed by atoms with Gasteiger partial charge in [-0.05, 0) is 48.4 Å². The number of aryl methyl sites for hydroxylation is 1. The molecule has 3 aromatic carbocycles. The van der Waals surface area contributed by atoms with Gasteiger partial charge in [0.25, 0.3) is 5.91 Å². The number of carboxylic acids is 1. The van der Waals surface area contributed by atoms with Gasteiger partial charge >= 0.3 is 5.97 Å². The van der Waals surface area contributed by atoms with Crippen LogP contribution in [0.5, 0.6) is 5.75 Å². The Kier molecular flexibility index (Phi) is 5.85. The SMILES string of the molecule is Cc1cc2c(CC(=O)O)cccc2n1C(=O)c1cccc(OCCc2ccccc2)c1. The van der Waals surface area contributed by atoms with E-state index in [9.17, 15) is 14.7 Å². The molecule has 156 valence electrons. The summed E-state index contributed by atoms with van der Waals surface area (Å²) in [5, 5.41) is 9.96. The van der Waals surface area contributed by atoms with E-state index < -0.39 is 5.97 Å². The van der Waals surface area contributed by atoms with Crippen molar-refractivity contribution in [2.24, 2.45) is 0 Å². The second-order valence-corrected chi connectivity index (χ2v) is 7.46. The molecule has 0 saturated heterocycles. The topological polar surface area (TPSA) is 68.5 Å². The molecule has 0 bridgehead atoms. The molecule has 4 rings (SSSR count). The van der Waals surface area contributed by atoms with Gasteiger partial charge in [0.15, 0.2) is 0 Å². The van der Waals surface area contributed by atoms with Crippen LogP contribution in [0.15, 0.2) is 78.9 Å². The van der Waals surface area contributed by atoms with Crippen molar-refractivity contribution in [2.45, 2.75) is 19.8 Å². The Morgan fingerprint density at radius 3 is 2.48 bits per heavy atom. The van der Waals surface area contributed by atoms with Gasteiger partial charge in [-0.2, -0.15) is 0 Å². The van der Waals surface area contributed by atoms with Crippen molar-refractivity contribution >= 4 is 22.8 Å². The third-order valence-corrected chi connectivity index (χ3v) is 5.25. The summed E-state index contributed by atoms with van der Waals surface area (Å²) >= 11 is 0. The Labute approximate surface area is 180 Å². The van der Waals surface area contributed by atoms with Crippen LogP contribution in [-0.2, 0) is 17.6 Å². The van der Waals surface area contributed by atoms with E-state index in [4.69, 9.17) is 4.74 Å². The average molecular weight is 413 g/mol. The summed E-state index contributed by atoms with van der Waals surface area (Å²) in [5.41, 5.74) is 3.87. The summed E-state index contributed by atoms with van der Waals surface area (Å²) < 4.78 is 7.50. The number of fused-ring (bicyclic) bond motifs is 1. The number of rotatable bonds is 7. The second-order valence-electron chi connectivity index (χ2n) is 7.46. The maximum atomic E-state index is 13.3. The zero-order valence-corrected chi connectivity index (χ0v) is 17.2. The maximum absolute atomic E-state index is 13.3. The number of carbonyl (C=O) groups excluding carboxylic acids is 1. The van der Waals surface area contributed by atoms with Crippen LogP contribution in [0.2, 0.25) is 0 Å². The van der Waals surface area contributed by atoms with E-state index in [0.29, 0.717) is 29.0 Å². The molecule has 0 fully saturated rings. The Morgan fingerprint density at radius 2 is 1.71 bits per heavy atom. The molecule has 31 heavy (non-hydrogen) atoms. The first-order valence-electron chi connectivity index (χ1n) is 10.2. The first kappa shape index (κ1) is 20.4. The number of benzene rings is 3. The molecule has 0 aliphatic rings. The van der Waals surface area contributed by atoms with Gasteiger partial charge in [-0.1, -0.05) is 48.5 Å². The second kappa shape index (κ2) is 8.88. The van der Waals surface area contributed by atoms with Gasteiger partial charge in [-0.25, -0.2) is 0 Å². The number of nitrogens with zero attached hydrogens (tertiary/aromatic N) is 1. The lowest BCUT2D eigenvalue weighted by Gasteiger charge is -2.10. The minimum absolute atomic E-state index is 0.0836. The van der Waals surface area contributed by atoms with E-state index in [-0.39, 0.29) is 12.3 Å². The lowest BCUT2D eigenvalue weighted by molar-refractivity contribution is -0.136. The molecule has 0 aliphatic heterocycles. The number of hydrogen-bond donors (Lipinski definition) is 1. The highest BCUT2D eigenvalue weighted by Crippen LogP contribution is 2.26. The number of carboxylic acid groups (broad SMARTS) is 1. The summed E-state index contributed by atoms with van der Waals surface area (Å²) in [6, 6.07) is 24.5. The summed E-state index contributed by atoms with van der Waals surface area (Å²) in [7, 11) is 0. The van der Waals surface area contributed by atoms with Gasteiger partial charge in [0.05, 0.1) is 18.5 Å². The normalized spacial score (nSPS) is 10.9. The van der Waals surface area contributed by atoms with Crippen LogP contribution in [0.4, 0.5) is 0 Å². The minimum Gasteiger partial charge on any atom is -0.493 e. The average Bonchev–Trinajstić information content (AvgIpc) is 3.11. The molecule has 0 saturated carbocycles. The van der Waals surface area contributed by atoms with Crippen LogP contribution in [0.25, 0.3) is 10.9 Å². The first-order valence-corrected chi connectivity index (χ1v) is 10.2. The number of hydrogen-bond acceptors (Lipinski definition) is 3. The molecule has 1 N–H and O–H groups in total. The Hall–Kier alpha value is -3.86. The zero-order valence-electron chi connectivity index (χ0n) is 17.2. The lowest BCUT2D eigenvalue weighted by atomic mass is 10.1. The molecule has 0 atom stereocenters. The third-order valence-electron chi connectivity index (χ3n) is 5.25. The number of aliphatic carboxylic acids is 1. The molecule has 1 aromatic heterocycles. The Bertz CT molecular complexity index is 1240. The van der Waals surface area contributed by atoms with Crippen molar-refractivity contribution in [2.75, 3.05) is 6.61 Å². The van der Waals surface area contributed by atoms with Crippen molar-refractivity contribution < 1.29 is 19.4 Å². The highest BCUT2D eigenvalue weighted by Gasteiger charge is 2.17. The van der Waals surface area contributed by atoms with Crippen LogP contribution < -0.4 is 4.74 Å². The smallest absolute Gasteiger partial charge is 0.307 e. The summed E-state index contributed by atoms with van der Waals surface area (Å²) in [5.74, 6) is -0.430. The van der Waals surface area contributed by atoms with Gasteiger partial charge in [0.1, 0.15) is 5.75 Å². The maximum Gasteiger partial charge on any atom is 0.307 e. The van der Waals surface area contributed by atoms with Crippen LogP contribution in [0.3, 0.4) is 0 Å². The minimum atomic E-state index is -0.899. The summed E-state index contributed by atoms with van der Waals surface area (Å²) in [6.45, 7) is 2.37. The molecule has 0 aliphatic carbocycles. The van der Waals surface area contributed by atoms with E-state index in [1.807, 2.05) is 49.4 Å². The van der Waals surface area contributed by atoms with Crippen molar-refractivity contribution in [3.63, 3.8) is 0 Å². The molecule has 4 aromatic rings. The van der Waals surface area contributed by atoms with E-state index in [1.54, 1.807) is 28.8 Å². The zero-order chi connectivity index (χ0) is 21.8. The van der Waals surface area contributed by atoms with E-state index in [2.05, 4.69) is 12.1 Å². The van der Waals surface area contributed by atoms with E-state index >= 15 is 0 Å². The van der Waals surface area contributed by atoms with Crippen molar-refractivity contribution in [1.82, 2.24) is 4.57 Å². The number of ether oxygens (including phenoxy) is 1. The summed E-state index contributed by atoms with van der Waals surface area (Å²) in [6.07, 6.45) is 0.701. The first-order chi connectivity index (χ1) is 15.0. The van der Waals surface area contributed by atoms with Gasteiger partial charge in [0, 0.05) is 23.1 Å². The monoisotopic (exact) mass is 413 g/mol. The van der Waals surface area contributed by atoms with Crippen LogP contribution in [0.1, 0.15) is 27.2 Å². The quantitative estimate of drug-likeness (QED) is 0.469. The van der Waals surface area contributed by atoms with Gasteiger partial charge in [0.2, 0.25) is 0 Å². The molecule has 0 spiro atoms. The highest BCUT2D eigenvalue weighted by molar-refractivity contribution is 6.04. The fourth-order valence-corrected chi connectivity index (χ4v) is 3.79. The van der Waals surface area contributed by atoms with Crippen molar-refractivity contribution in [3.05, 3.63) is 101 Å². The molecule has 5 nitrogen and oxygen atoms in total. The Balaban J connectivity index is 1.57. The predicted molar refractivity (Wildman–Crippen MR) is 120 cm³/mol. The third kappa shape index (κ3) is 4.51. The van der Waals surface area contributed by atoms with E-state index in [1.165, 1.54) is 5.56 Å². The number of carbonyl (C=O) groups is 2. The predicted octanol–water partition coefficient (Wildman–Crippen LogP) is 4.89. The number of aromatic nitrogens is 1. The molecule has 5 heteroatoms. The van der Waals surface area contributed by atoms with Crippen molar-refractivity contribution in [3.8, 4) is 5.75 Å². The standard InChI is InChI=1S/C26H23NO4/c1-18-15-23-20(17-25(28)29)9-6-12-24(23)27(18)26(30)21-10-5-11-22(16-21)31-14-13-19-7-3-2-4-8-19/h2-12,15-16H,13-14,17H2,1H3,(H,28,29). The molecule has 0 unspecified atom stereocenters. The van der Waals surface area contributed by atoms with E-state index in [0.717, 1.165) is 17.5 Å². The molecular weight excluding hydrogens is 390 g/mol. The fourth-order valence-electron chi connectivity index (χ4n) is 3.79. The lowest BCUT2D eigenvalue weighted by Crippen LogP contribution is -2.13. The molecule has 1 heterocycles. The molecular formula is C26H23NO4. The molecule has 0 amide bonds.